The van der Waals surface area contributed by atoms with Crippen LogP contribution in [0, 0.1) is 19.8 Å². The van der Waals surface area contributed by atoms with Crippen LogP contribution in [0.25, 0.3) is 10.7 Å². The Balaban J connectivity index is 1.46. The number of nitrogens with one attached hydrogen (secondary N) is 1. The molecule has 170 valence electrons. The zero-order valence-electron chi connectivity index (χ0n) is 18.3. The largest absolute Gasteiger partial charge is 0.339 e. The van der Waals surface area contributed by atoms with Gasteiger partial charge in [-0.05, 0) is 44.9 Å². The topological polar surface area (TPSA) is 105 Å². The van der Waals surface area contributed by atoms with Gasteiger partial charge in [0.25, 0.3) is 0 Å². The first-order valence-corrected chi connectivity index (χ1v) is 12.8. The van der Waals surface area contributed by atoms with E-state index in [0.717, 1.165) is 15.3 Å². The molecule has 32 heavy (non-hydrogen) atoms. The molecule has 0 bridgehead atoms. The Hall–Kier alpha value is -2.56. The smallest absolute Gasteiger partial charge is 0.243 e. The van der Waals surface area contributed by atoms with Crippen LogP contribution >= 0.6 is 11.3 Å². The van der Waals surface area contributed by atoms with Gasteiger partial charge in [0.05, 0.1) is 21.4 Å². The van der Waals surface area contributed by atoms with Gasteiger partial charge in [0.15, 0.2) is 0 Å². The predicted octanol–water partition coefficient (Wildman–Crippen LogP) is 4.02. The standard InChI is InChI=1S/C22H26N4O4S2/c1-4-20-24-21(25-30-20)19-12-18(15(3)31-19)23-22(27)16-6-5-11-26(13-16)32(28,29)17-9-7-14(2)8-10-17/h7-10,12,16H,4-6,11,13H2,1-3H3,(H,23,27)/t16-/m0/s1. The Morgan fingerprint density at radius 2 is 2.03 bits per heavy atom. The van der Waals surface area contributed by atoms with Crippen molar-refractivity contribution in [3.63, 3.8) is 0 Å². The van der Waals surface area contributed by atoms with Crippen LogP contribution in [0.2, 0.25) is 0 Å². The summed E-state index contributed by atoms with van der Waals surface area (Å²) in [4.78, 5) is 19.3. The molecule has 8 nitrogen and oxygen atoms in total. The minimum Gasteiger partial charge on any atom is -0.339 e. The average molecular weight is 475 g/mol. The fourth-order valence-electron chi connectivity index (χ4n) is 3.68. The monoisotopic (exact) mass is 474 g/mol. The van der Waals surface area contributed by atoms with E-state index in [-0.39, 0.29) is 17.3 Å². The molecule has 1 aliphatic rings. The van der Waals surface area contributed by atoms with Crippen LogP contribution in [0.3, 0.4) is 0 Å². The third-order valence-corrected chi connectivity index (χ3v) is 8.51. The van der Waals surface area contributed by atoms with Crippen molar-refractivity contribution in [3.05, 3.63) is 46.7 Å². The van der Waals surface area contributed by atoms with Crippen LogP contribution in [-0.2, 0) is 21.2 Å². The lowest BCUT2D eigenvalue weighted by molar-refractivity contribution is -0.120. The number of hydrogen-bond acceptors (Lipinski definition) is 7. The molecule has 0 unspecified atom stereocenters. The van der Waals surface area contributed by atoms with E-state index in [1.54, 1.807) is 24.3 Å². The van der Waals surface area contributed by atoms with Crippen LogP contribution in [0.5, 0.6) is 0 Å². The van der Waals surface area contributed by atoms with Crippen molar-refractivity contribution >= 4 is 33.0 Å². The van der Waals surface area contributed by atoms with E-state index in [0.29, 0.717) is 43.2 Å². The maximum Gasteiger partial charge on any atom is 0.243 e. The van der Waals surface area contributed by atoms with E-state index in [1.807, 2.05) is 26.8 Å². The highest BCUT2D eigenvalue weighted by Crippen LogP contribution is 2.33. The molecule has 0 aliphatic carbocycles. The molecule has 1 fully saturated rings. The molecule has 0 saturated carbocycles. The van der Waals surface area contributed by atoms with Crippen molar-refractivity contribution < 1.29 is 17.7 Å². The molecule has 1 N–H and O–H groups in total. The van der Waals surface area contributed by atoms with Gasteiger partial charge in [-0.25, -0.2) is 8.42 Å². The Kier molecular flexibility index (Phi) is 6.45. The fraction of sp³-hybridized carbons (Fsp3) is 0.409. The minimum absolute atomic E-state index is 0.169. The number of thiophene rings is 1. The van der Waals surface area contributed by atoms with Crippen LogP contribution in [0.4, 0.5) is 5.69 Å². The van der Waals surface area contributed by atoms with E-state index in [9.17, 15) is 13.2 Å². The Labute approximate surface area is 191 Å². The van der Waals surface area contributed by atoms with E-state index >= 15 is 0 Å². The predicted molar refractivity (Wildman–Crippen MR) is 123 cm³/mol. The first-order chi connectivity index (χ1) is 15.3. The summed E-state index contributed by atoms with van der Waals surface area (Å²) in [7, 11) is -3.63. The van der Waals surface area contributed by atoms with Crippen molar-refractivity contribution in [2.45, 2.75) is 44.9 Å². The molecular formula is C22H26N4O4S2. The number of rotatable bonds is 6. The molecule has 1 amide bonds. The van der Waals surface area contributed by atoms with Gasteiger partial charge in [-0.3, -0.25) is 4.79 Å². The van der Waals surface area contributed by atoms with Gasteiger partial charge in [0.1, 0.15) is 0 Å². The Bertz CT molecular complexity index is 1220. The number of piperidine rings is 1. The molecular weight excluding hydrogens is 448 g/mol. The van der Waals surface area contributed by atoms with Gasteiger partial charge in [0, 0.05) is 24.4 Å². The lowest BCUT2D eigenvalue weighted by Crippen LogP contribution is -2.43. The quantitative estimate of drug-likeness (QED) is 0.579. The molecule has 1 aliphatic heterocycles. The number of hydrogen-bond donors (Lipinski definition) is 1. The number of carbonyl (C=O) groups excluding carboxylic acids is 1. The van der Waals surface area contributed by atoms with Crippen molar-refractivity contribution in [2.75, 3.05) is 18.4 Å². The number of nitrogens with zero attached hydrogens (tertiary/aromatic N) is 3. The highest BCUT2D eigenvalue weighted by molar-refractivity contribution is 7.89. The highest BCUT2D eigenvalue weighted by Gasteiger charge is 2.33. The summed E-state index contributed by atoms with van der Waals surface area (Å²) in [6.07, 6.45) is 1.94. The van der Waals surface area contributed by atoms with Crippen molar-refractivity contribution in [1.29, 1.82) is 0 Å². The van der Waals surface area contributed by atoms with Crippen molar-refractivity contribution in [2.24, 2.45) is 5.92 Å². The van der Waals surface area contributed by atoms with Crippen molar-refractivity contribution in [1.82, 2.24) is 14.4 Å². The number of anilines is 1. The number of aromatic nitrogens is 2. The maximum atomic E-state index is 13.0. The van der Waals surface area contributed by atoms with E-state index in [1.165, 1.54) is 15.6 Å². The van der Waals surface area contributed by atoms with Gasteiger partial charge in [-0.15, -0.1) is 11.3 Å². The zero-order chi connectivity index (χ0) is 22.9. The second-order valence-corrected chi connectivity index (χ2v) is 11.1. The Morgan fingerprint density at radius 3 is 2.72 bits per heavy atom. The molecule has 0 radical (unpaired) electrons. The third kappa shape index (κ3) is 4.62. The highest BCUT2D eigenvalue weighted by atomic mass is 32.2. The number of sulfonamides is 1. The summed E-state index contributed by atoms with van der Waals surface area (Å²) in [5, 5.41) is 6.96. The third-order valence-electron chi connectivity index (χ3n) is 5.58. The SMILES string of the molecule is CCc1nc(-c2cc(NC(=O)[C@H]3CCCN(S(=O)(=O)c4ccc(C)cc4)C3)c(C)s2)no1. The fourth-order valence-corrected chi connectivity index (χ4v) is 6.11. The molecule has 0 spiro atoms. The second-order valence-electron chi connectivity index (χ2n) is 7.95. The van der Waals surface area contributed by atoms with Crippen LogP contribution in [-0.4, -0.2) is 41.9 Å². The summed E-state index contributed by atoms with van der Waals surface area (Å²) in [5.74, 6) is 0.476. The molecule has 4 rings (SSSR count). The van der Waals surface area contributed by atoms with Crippen LogP contribution in [0.1, 0.15) is 36.1 Å². The lowest BCUT2D eigenvalue weighted by Gasteiger charge is -2.31. The summed E-state index contributed by atoms with van der Waals surface area (Å²) in [5.41, 5.74) is 1.69. The summed E-state index contributed by atoms with van der Waals surface area (Å²) < 4.78 is 32.7. The molecule has 1 aromatic carbocycles. The van der Waals surface area contributed by atoms with Crippen LogP contribution < -0.4 is 5.32 Å². The second kappa shape index (κ2) is 9.13. The minimum atomic E-state index is -3.63. The zero-order valence-corrected chi connectivity index (χ0v) is 19.9. The number of aryl methyl sites for hydroxylation is 3. The van der Waals surface area contributed by atoms with Gasteiger partial charge in [-0.2, -0.15) is 9.29 Å². The first-order valence-electron chi connectivity index (χ1n) is 10.6. The van der Waals surface area contributed by atoms with E-state index in [2.05, 4.69) is 15.5 Å². The van der Waals surface area contributed by atoms with Crippen molar-refractivity contribution in [3.8, 4) is 10.7 Å². The van der Waals surface area contributed by atoms with E-state index < -0.39 is 15.9 Å². The van der Waals surface area contributed by atoms with Gasteiger partial charge < -0.3 is 9.84 Å². The first kappa shape index (κ1) is 22.6. The number of benzene rings is 1. The van der Waals surface area contributed by atoms with E-state index in [4.69, 9.17) is 4.52 Å². The molecule has 3 aromatic rings. The summed E-state index contributed by atoms with van der Waals surface area (Å²) >= 11 is 1.48. The summed E-state index contributed by atoms with van der Waals surface area (Å²) in [6.45, 7) is 6.35. The number of carbonyl (C=O) groups is 1. The Morgan fingerprint density at radius 1 is 1.28 bits per heavy atom. The average Bonchev–Trinajstić information content (AvgIpc) is 3.41. The van der Waals surface area contributed by atoms with Crippen LogP contribution in [0.15, 0.2) is 39.8 Å². The molecule has 3 heterocycles. The maximum absolute atomic E-state index is 13.0. The van der Waals surface area contributed by atoms with Gasteiger partial charge in [0.2, 0.25) is 27.6 Å². The van der Waals surface area contributed by atoms with Gasteiger partial charge in [-0.1, -0.05) is 29.8 Å². The molecule has 2 aromatic heterocycles. The number of amides is 1. The normalized spacial score (nSPS) is 17.4. The lowest BCUT2D eigenvalue weighted by atomic mass is 9.99. The van der Waals surface area contributed by atoms with Gasteiger partial charge >= 0.3 is 0 Å². The molecule has 1 saturated heterocycles. The molecule has 1 atom stereocenters. The molecule has 10 heteroatoms. The summed E-state index contributed by atoms with van der Waals surface area (Å²) in [6, 6.07) is 8.64.